The molecule has 0 aromatic heterocycles. The molecule has 0 fully saturated rings. The van der Waals surface area contributed by atoms with Gasteiger partial charge in [0.25, 0.3) is 21.5 Å². The number of hydrogen-bond acceptors (Lipinski definition) is 6. The molecule has 0 aliphatic rings. The van der Waals surface area contributed by atoms with E-state index in [0.717, 1.165) is 6.07 Å². The van der Waals surface area contributed by atoms with Gasteiger partial charge in [-0.15, -0.1) is 0 Å². The fourth-order valence-electron chi connectivity index (χ4n) is 1.31. The number of nitro groups is 2. The Labute approximate surface area is 124 Å². The molecule has 0 heterocycles. The lowest BCUT2D eigenvalue weighted by molar-refractivity contribution is -0.394. The Morgan fingerprint density at radius 2 is 1.27 bits per heavy atom. The van der Waals surface area contributed by atoms with Gasteiger partial charge < -0.3 is 0 Å². The number of non-ortho nitro benzene ring substituents is 2. The third kappa shape index (κ3) is 5.26. The first-order chi connectivity index (χ1) is 10.2. The molecule has 0 amide bonds. The van der Waals surface area contributed by atoms with Crippen molar-refractivity contribution in [3.63, 3.8) is 0 Å². The number of hydrogen-bond donors (Lipinski definition) is 1. The second-order valence-corrected chi connectivity index (χ2v) is 5.24. The molecule has 0 aliphatic carbocycles. The molecule has 0 saturated heterocycles. The molecule has 10 heteroatoms. The minimum absolute atomic E-state index is 0.0741. The average molecular weight is 326 g/mol. The van der Waals surface area contributed by atoms with E-state index in [-0.39, 0.29) is 16.3 Å². The zero-order valence-electron chi connectivity index (χ0n) is 10.9. The highest BCUT2D eigenvalue weighted by Crippen LogP contribution is 2.18. The summed E-state index contributed by atoms with van der Waals surface area (Å²) in [5.41, 5.74) is -0.548. The predicted octanol–water partition coefficient (Wildman–Crippen LogP) is 2.44. The molecule has 0 aliphatic heterocycles. The topological polar surface area (TPSA) is 141 Å². The first kappa shape index (κ1) is 17.2. The average Bonchev–Trinajstić information content (AvgIpc) is 2.48. The number of benzene rings is 2. The van der Waals surface area contributed by atoms with Crippen LogP contribution in [0.15, 0.2) is 59.5 Å². The minimum Gasteiger partial charge on any atom is -0.282 e. The molecule has 2 aromatic rings. The van der Waals surface area contributed by atoms with Crippen molar-refractivity contribution < 1.29 is 22.8 Å². The van der Waals surface area contributed by atoms with Crippen molar-refractivity contribution in [3.05, 3.63) is 74.8 Å². The van der Waals surface area contributed by atoms with Gasteiger partial charge in [-0.25, -0.2) is 0 Å². The predicted molar refractivity (Wildman–Crippen MR) is 76.0 cm³/mol. The smallest absolute Gasteiger partial charge is 0.282 e. The maximum Gasteiger partial charge on any atom is 0.294 e. The molecule has 9 nitrogen and oxygen atoms in total. The van der Waals surface area contributed by atoms with Crippen LogP contribution in [0.4, 0.5) is 11.4 Å². The second-order valence-electron chi connectivity index (χ2n) is 3.82. The third-order valence-corrected chi connectivity index (χ3v) is 3.16. The monoisotopic (exact) mass is 326 g/mol. The Balaban J connectivity index is 0.000000224. The van der Waals surface area contributed by atoms with E-state index >= 15 is 0 Å². The molecule has 22 heavy (non-hydrogen) atoms. The van der Waals surface area contributed by atoms with Crippen molar-refractivity contribution in [3.8, 4) is 0 Å². The molecule has 116 valence electrons. The van der Waals surface area contributed by atoms with Crippen molar-refractivity contribution >= 4 is 21.5 Å². The zero-order chi connectivity index (χ0) is 16.8. The van der Waals surface area contributed by atoms with Gasteiger partial charge in [-0.1, -0.05) is 18.2 Å². The van der Waals surface area contributed by atoms with Crippen molar-refractivity contribution in [2.24, 2.45) is 0 Å². The Kier molecular flexibility index (Phi) is 5.66. The third-order valence-electron chi connectivity index (χ3n) is 2.29. The lowest BCUT2D eigenvalue weighted by Crippen LogP contribution is -1.96. The number of nitrogens with zero attached hydrogens (tertiary/aromatic N) is 2. The van der Waals surface area contributed by atoms with Gasteiger partial charge in [0.2, 0.25) is 0 Å². The molecule has 1 N–H and O–H groups in total. The SMILES string of the molecule is O=S(=O)(O)c1ccccc1.O=[N+]([O-])c1cccc([N+](=O)[O-])c1. The quantitative estimate of drug-likeness (QED) is 0.518. The van der Waals surface area contributed by atoms with Gasteiger partial charge in [-0.3, -0.25) is 24.8 Å². The minimum atomic E-state index is -4.00. The van der Waals surface area contributed by atoms with Gasteiger partial charge in [-0.2, -0.15) is 8.42 Å². The maximum atomic E-state index is 10.4. The summed E-state index contributed by atoms with van der Waals surface area (Å²) in [5, 5.41) is 20.3. The van der Waals surface area contributed by atoms with Crippen LogP contribution in [0.3, 0.4) is 0 Å². The zero-order valence-corrected chi connectivity index (χ0v) is 11.7. The van der Waals surface area contributed by atoms with Crippen LogP contribution in [0.1, 0.15) is 0 Å². The van der Waals surface area contributed by atoms with E-state index in [4.69, 9.17) is 4.55 Å². The molecule has 0 radical (unpaired) electrons. The highest BCUT2D eigenvalue weighted by molar-refractivity contribution is 7.85. The van der Waals surface area contributed by atoms with Crippen LogP contribution in [0.5, 0.6) is 0 Å². The summed E-state index contributed by atoms with van der Waals surface area (Å²) in [6.45, 7) is 0. The number of nitro benzene ring substituents is 2. The lowest BCUT2D eigenvalue weighted by Gasteiger charge is -1.92. The van der Waals surface area contributed by atoms with Crippen LogP contribution in [-0.2, 0) is 10.1 Å². The Morgan fingerprint density at radius 1 is 0.818 bits per heavy atom. The Morgan fingerprint density at radius 3 is 1.59 bits per heavy atom. The molecular weight excluding hydrogens is 316 g/mol. The van der Waals surface area contributed by atoms with Gasteiger partial charge in [0.05, 0.1) is 20.8 Å². The molecule has 0 saturated carbocycles. The van der Waals surface area contributed by atoms with E-state index < -0.39 is 20.0 Å². The van der Waals surface area contributed by atoms with E-state index in [9.17, 15) is 28.6 Å². The number of rotatable bonds is 3. The van der Waals surface area contributed by atoms with Crippen molar-refractivity contribution in [1.29, 1.82) is 0 Å². The summed E-state index contributed by atoms with van der Waals surface area (Å²) in [6, 6.07) is 12.0. The second kappa shape index (κ2) is 7.24. The summed E-state index contributed by atoms with van der Waals surface area (Å²) in [7, 11) is -4.00. The first-order valence-corrected chi connectivity index (χ1v) is 7.07. The summed E-state index contributed by atoms with van der Waals surface area (Å²) >= 11 is 0. The summed E-state index contributed by atoms with van der Waals surface area (Å²) in [5.74, 6) is 0. The van der Waals surface area contributed by atoms with Crippen LogP contribution in [0, 0.1) is 20.2 Å². The maximum absolute atomic E-state index is 10.4. The Bertz CT molecular complexity index is 746. The van der Waals surface area contributed by atoms with E-state index in [1.54, 1.807) is 18.2 Å². The molecule has 0 bridgehead atoms. The molecule has 2 rings (SSSR count). The Hall–Kier alpha value is -2.85. The van der Waals surface area contributed by atoms with Crippen LogP contribution in [0.2, 0.25) is 0 Å². The lowest BCUT2D eigenvalue weighted by atomic mass is 10.3. The van der Waals surface area contributed by atoms with Crippen molar-refractivity contribution in [2.45, 2.75) is 4.90 Å². The standard InChI is InChI=1S/C6H4N2O4.C6H6O3S/c9-7(10)5-2-1-3-6(4-5)8(11)12;7-10(8,9)6-4-2-1-3-5-6/h1-4H;1-5H,(H,7,8,9). The molecule has 2 aromatic carbocycles. The first-order valence-electron chi connectivity index (χ1n) is 5.63. The molecule has 0 spiro atoms. The van der Waals surface area contributed by atoms with E-state index in [1.807, 2.05) is 0 Å². The van der Waals surface area contributed by atoms with Crippen molar-refractivity contribution in [1.82, 2.24) is 0 Å². The van der Waals surface area contributed by atoms with Gasteiger partial charge >= 0.3 is 0 Å². The van der Waals surface area contributed by atoms with Gasteiger partial charge in [-0.05, 0) is 18.2 Å². The van der Waals surface area contributed by atoms with Crippen LogP contribution in [0.25, 0.3) is 0 Å². The molecular formula is C12H10N2O7S. The van der Waals surface area contributed by atoms with Crippen LogP contribution >= 0.6 is 0 Å². The summed E-state index contributed by atoms with van der Waals surface area (Å²) < 4.78 is 29.2. The normalized spacial score (nSPS) is 10.2. The summed E-state index contributed by atoms with van der Waals surface area (Å²) in [6.07, 6.45) is 0. The van der Waals surface area contributed by atoms with Gasteiger partial charge in [0.15, 0.2) is 0 Å². The van der Waals surface area contributed by atoms with Crippen LogP contribution in [-0.4, -0.2) is 22.8 Å². The van der Waals surface area contributed by atoms with Gasteiger partial charge in [0.1, 0.15) is 0 Å². The molecule has 0 unspecified atom stereocenters. The van der Waals surface area contributed by atoms with E-state index in [1.165, 1.54) is 30.3 Å². The largest absolute Gasteiger partial charge is 0.294 e. The molecule has 0 atom stereocenters. The fourth-order valence-corrected chi connectivity index (χ4v) is 1.81. The van der Waals surface area contributed by atoms with E-state index in [0.29, 0.717) is 0 Å². The summed E-state index contributed by atoms with van der Waals surface area (Å²) in [4.78, 5) is 18.9. The van der Waals surface area contributed by atoms with Crippen LogP contribution < -0.4 is 0 Å². The highest BCUT2D eigenvalue weighted by Gasteiger charge is 2.11. The van der Waals surface area contributed by atoms with Crippen molar-refractivity contribution in [2.75, 3.05) is 0 Å². The van der Waals surface area contributed by atoms with Gasteiger partial charge in [0, 0.05) is 12.1 Å². The highest BCUT2D eigenvalue weighted by atomic mass is 32.2. The fraction of sp³-hybridized carbons (Fsp3) is 0. The van der Waals surface area contributed by atoms with E-state index in [2.05, 4.69) is 0 Å².